The third kappa shape index (κ3) is 2.52. The summed E-state index contributed by atoms with van der Waals surface area (Å²) in [6.45, 7) is 0. The van der Waals surface area contributed by atoms with Gasteiger partial charge in [0.2, 0.25) is 0 Å². The first kappa shape index (κ1) is 11.8. The van der Waals surface area contributed by atoms with Crippen molar-refractivity contribution in [2.45, 2.75) is 31.4 Å². The first-order chi connectivity index (χ1) is 8.13. The summed E-state index contributed by atoms with van der Waals surface area (Å²) in [4.78, 5) is 10.3. The minimum atomic E-state index is -0.609. The molecule has 6 heteroatoms. The van der Waals surface area contributed by atoms with Gasteiger partial charge >= 0.3 is 5.70 Å². The molecule has 6 nitrogen and oxygen atoms in total. The Hall–Kier alpha value is -1.69. The zero-order chi connectivity index (χ0) is 12.4. The van der Waals surface area contributed by atoms with E-state index >= 15 is 0 Å². The fourth-order valence-corrected chi connectivity index (χ4v) is 1.98. The van der Waals surface area contributed by atoms with Crippen molar-refractivity contribution >= 4 is 6.21 Å². The van der Waals surface area contributed by atoms with Crippen molar-refractivity contribution in [3.63, 3.8) is 0 Å². The van der Waals surface area contributed by atoms with Crippen molar-refractivity contribution in [1.29, 1.82) is 5.41 Å². The van der Waals surface area contributed by atoms with Gasteiger partial charge < -0.3 is 15.8 Å². The number of nitrogens with one attached hydrogen (secondary N) is 2. The highest BCUT2D eigenvalue weighted by Gasteiger charge is 2.35. The first-order valence-corrected chi connectivity index (χ1v) is 5.63. The second-order valence-electron chi connectivity index (χ2n) is 4.38. The van der Waals surface area contributed by atoms with Gasteiger partial charge in [-0.1, -0.05) is 12.2 Å². The normalized spacial score (nSPS) is 28.8. The van der Waals surface area contributed by atoms with Crippen LogP contribution in [0.3, 0.4) is 0 Å². The van der Waals surface area contributed by atoms with Gasteiger partial charge in [-0.05, 0) is 19.3 Å². The van der Waals surface area contributed by atoms with E-state index in [2.05, 4.69) is 5.32 Å². The molecular weight excluding hydrogens is 222 g/mol. The third-order valence-corrected chi connectivity index (χ3v) is 3.07. The third-order valence-electron chi connectivity index (χ3n) is 3.07. The summed E-state index contributed by atoms with van der Waals surface area (Å²) >= 11 is 0. The second kappa shape index (κ2) is 4.67. The zero-order valence-electron chi connectivity index (χ0n) is 9.30. The molecule has 2 aliphatic carbocycles. The number of nitro groups is 1. The molecule has 0 heterocycles. The number of allylic oxidation sites excluding steroid dienone is 2. The molecule has 0 aliphatic heterocycles. The van der Waals surface area contributed by atoms with Crippen molar-refractivity contribution in [2.24, 2.45) is 5.92 Å². The molecule has 3 N–H and O–H groups in total. The fourth-order valence-electron chi connectivity index (χ4n) is 1.98. The van der Waals surface area contributed by atoms with E-state index < -0.39 is 11.0 Å². The molecule has 0 radical (unpaired) electrons. The van der Waals surface area contributed by atoms with Crippen LogP contribution in [0.4, 0.5) is 0 Å². The number of hydrogen-bond acceptors (Lipinski definition) is 5. The van der Waals surface area contributed by atoms with Crippen LogP contribution in [-0.4, -0.2) is 28.4 Å². The molecule has 2 aliphatic rings. The van der Waals surface area contributed by atoms with Crippen molar-refractivity contribution < 1.29 is 10.0 Å². The van der Waals surface area contributed by atoms with Gasteiger partial charge in [-0.25, -0.2) is 0 Å². The van der Waals surface area contributed by atoms with E-state index in [4.69, 9.17) is 5.41 Å². The second-order valence-corrected chi connectivity index (χ2v) is 4.38. The largest absolute Gasteiger partial charge is 0.387 e. The van der Waals surface area contributed by atoms with Gasteiger partial charge in [0.05, 0.1) is 29.0 Å². The average molecular weight is 237 g/mol. The Labute approximate surface area is 98.7 Å². The van der Waals surface area contributed by atoms with Crippen LogP contribution < -0.4 is 5.32 Å². The van der Waals surface area contributed by atoms with Crippen LogP contribution >= 0.6 is 0 Å². The van der Waals surface area contributed by atoms with Crippen LogP contribution in [0.5, 0.6) is 0 Å². The Balaban J connectivity index is 2.17. The van der Waals surface area contributed by atoms with Crippen LogP contribution in [0, 0.1) is 21.4 Å². The summed E-state index contributed by atoms with van der Waals surface area (Å²) in [6.07, 6.45) is 6.16. The Bertz CT molecular complexity index is 399. The van der Waals surface area contributed by atoms with Gasteiger partial charge in [-0.15, -0.1) is 0 Å². The highest BCUT2D eigenvalue weighted by Crippen LogP contribution is 2.37. The molecule has 2 rings (SSSR count). The molecular formula is C11H15N3O3. The molecule has 0 aromatic carbocycles. The van der Waals surface area contributed by atoms with Gasteiger partial charge in [0, 0.05) is 5.92 Å². The smallest absolute Gasteiger partial charge is 0.305 e. The molecule has 2 atom stereocenters. The summed E-state index contributed by atoms with van der Waals surface area (Å²) in [5.41, 5.74) is 0.310. The molecule has 17 heavy (non-hydrogen) atoms. The van der Waals surface area contributed by atoms with Gasteiger partial charge in [-0.3, -0.25) is 10.1 Å². The molecule has 0 aromatic heterocycles. The van der Waals surface area contributed by atoms with Gasteiger partial charge in [0.15, 0.2) is 0 Å². The Kier molecular flexibility index (Phi) is 3.23. The standard InChI is InChI=1S/C11H15N3O3/c12-6-9(14(16)17)11(7-4-5-7)13-8-2-1-3-10(8)15/h1,3,6-8,10,12-13,15H,2,4-5H2/b11-9+,12-6?. The van der Waals surface area contributed by atoms with Crippen molar-refractivity contribution in [3.8, 4) is 0 Å². The van der Waals surface area contributed by atoms with E-state index in [-0.39, 0.29) is 17.7 Å². The summed E-state index contributed by atoms with van der Waals surface area (Å²) in [7, 11) is 0. The molecule has 2 unspecified atom stereocenters. The number of rotatable bonds is 5. The van der Waals surface area contributed by atoms with E-state index in [0.717, 1.165) is 19.1 Å². The Morgan fingerprint density at radius 1 is 1.59 bits per heavy atom. The average Bonchev–Trinajstić information content (AvgIpc) is 3.04. The van der Waals surface area contributed by atoms with Crippen molar-refractivity contribution in [3.05, 3.63) is 33.7 Å². The van der Waals surface area contributed by atoms with E-state index in [0.29, 0.717) is 12.1 Å². The summed E-state index contributed by atoms with van der Waals surface area (Å²) in [6, 6.07) is -0.208. The Morgan fingerprint density at radius 2 is 2.29 bits per heavy atom. The van der Waals surface area contributed by atoms with Crippen molar-refractivity contribution in [2.75, 3.05) is 0 Å². The molecule has 0 saturated heterocycles. The molecule has 92 valence electrons. The lowest BCUT2D eigenvalue weighted by atomic mass is 10.1. The Morgan fingerprint density at radius 3 is 2.71 bits per heavy atom. The topological polar surface area (TPSA) is 99.2 Å². The fraction of sp³-hybridized carbons (Fsp3) is 0.545. The summed E-state index contributed by atoms with van der Waals surface area (Å²) in [5.74, 6) is 0.143. The predicted octanol–water partition coefficient (Wildman–Crippen LogP) is 0.813. The van der Waals surface area contributed by atoms with E-state index in [1.54, 1.807) is 6.08 Å². The van der Waals surface area contributed by atoms with Crippen LogP contribution in [0.25, 0.3) is 0 Å². The van der Waals surface area contributed by atoms with Crippen LogP contribution in [0.15, 0.2) is 23.5 Å². The monoisotopic (exact) mass is 237 g/mol. The van der Waals surface area contributed by atoms with Gasteiger partial charge in [-0.2, -0.15) is 0 Å². The molecule has 0 bridgehead atoms. The quantitative estimate of drug-likeness (QED) is 0.285. The van der Waals surface area contributed by atoms with E-state index in [1.807, 2.05) is 6.08 Å². The molecule has 1 saturated carbocycles. The zero-order valence-corrected chi connectivity index (χ0v) is 9.30. The molecule has 1 fully saturated rings. The highest BCUT2D eigenvalue weighted by molar-refractivity contribution is 5.73. The summed E-state index contributed by atoms with van der Waals surface area (Å²) in [5, 5.41) is 30.6. The van der Waals surface area contributed by atoms with E-state index in [1.165, 1.54) is 0 Å². The molecule has 0 amide bonds. The van der Waals surface area contributed by atoms with Gasteiger partial charge in [0.25, 0.3) is 0 Å². The molecule has 0 spiro atoms. The highest BCUT2D eigenvalue weighted by atomic mass is 16.6. The number of aliphatic hydroxyl groups excluding tert-OH is 1. The number of hydrogen-bond donors (Lipinski definition) is 3. The number of aliphatic hydroxyl groups is 1. The van der Waals surface area contributed by atoms with Crippen LogP contribution in [-0.2, 0) is 0 Å². The lowest BCUT2D eigenvalue weighted by molar-refractivity contribution is -0.416. The maximum absolute atomic E-state index is 10.8. The lowest BCUT2D eigenvalue weighted by Gasteiger charge is -2.19. The maximum atomic E-state index is 10.8. The number of nitrogens with zero attached hydrogens (tertiary/aromatic N) is 1. The first-order valence-electron chi connectivity index (χ1n) is 5.63. The lowest BCUT2D eigenvalue weighted by Crippen LogP contribution is -2.37. The van der Waals surface area contributed by atoms with E-state index in [9.17, 15) is 15.2 Å². The van der Waals surface area contributed by atoms with Crippen LogP contribution in [0.2, 0.25) is 0 Å². The predicted molar refractivity (Wildman–Crippen MR) is 62.2 cm³/mol. The minimum absolute atomic E-state index is 0.143. The van der Waals surface area contributed by atoms with Crippen molar-refractivity contribution in [1.82, 2.24) is 5.32 Å². The van der Waals surface area contributed by atoms with Gasteiger partial charge in [0.1, 0.15) is 0 Å². The summed E-state index contributed by atoms with van der Waals surface area (Å²) < 4.78 is 0. The van der Waals surface area contributed by atoms with Crippen LogP contribution in [0.1, 0.15) is 19.3 Å². The maximum Gasteiger partial charge on any atom is 0.305 e. The SMILES string of the molecule is N=C/C(=C(\NC1CC=CC1O)C1CC1)[N+](=O)[O-]. The molecule has 0 aromatic rings. The minimum Gasteiger partial charge on any atom is -0.387 e.